The third-order valence-electron chi connectivity index (χ3n) is 2.23. The second kappa shape index (κ2) is 4.96. The first-order valence-electron chi connectivity index (χ1n) is 4.32. The molecule has 0 saturated heterocycles. The maximum absolute atomic E-state index is 5.53. The van der Waals surface area contributed by atoms with Gasteiger partial charge in [-0.05, 0) is 33.7 Å². The van der Waals surface area contributed by atoms with Crippen molar-refractivity contribution in [3.8, 4) is 0 Å². The Morgan fingerprint density at radius 2 is 2.17 bits per heavy atom. The van der Waals surface area contributed by atoms with E-state index in [9.17, 15) is 0 Å². The van der Waals surface area contributed by atoms with Crippen LogP contribution in [0.4, 0.5) is 0 Å². The van der Waals surface area contributed by atoms with E-state index in [1.54, 1.807) is 0 Å². The van der Waals surface area contributed by atoms with Gasteiger partial charge in [-0.1, -0.05) is 15.5 Å². The molecule has 0 amide bonds. The fourth-order valence-corrected chi connectivity index (χ4v) is 1.40. The van der Waals surface area contributed by atoms with Crippen LogP contribution in [-0.2, 0) is 0 Å². The topological polar surface area (TPSA) is 29.3 Å². The molecule has 2 atom stereocenters. The molecular weight excluding hydrogens is 167 g/mol. The maximum atomic E-state index is 5.53. The van der Waals surface area contributed by atoms with Gasteiger partial charge in [0.05, 0.1) is 0 Å². The van der Waals surface area contributed by atoms with Gasteiger partial charge in [0, 0.05) is 11.6 Å². The van der Waals surface area contributed by atoms with Crippen LogP contribution in [0.2, 0.25) is 0 Å². The highest BCUT2D eigenvalue weighted by Crippen LogP contribution is 2.25. The predicted octanol–water partition coefficient (Wildman–Crippen LogP) is 1.78. The van der Waals surface area contributed by atoms with Crippen molar-refractivity contribution < 1.29 is 0 Å². The van der Waals surface area contributed by atoms with E-state index in [2.05, 4.69) is 41.4 Å². The molecule has 2 unspecified atom stereocenters. The molecule has 3 heteroatoms. The Bertz CT molecular complexity index is 145. The highest BCUT2D eigenvalue weighted by atomic mass is 31.0. The fraction of sp³-hybridized carbons (Fsp3) is 0.778. The van der Waals surface area contributed by atoms with Crippen molar-refractivity contribution >= 4 is 9.39 Å². The van der Waals surface area contributed by atoms with Crippen LogP contribution in [0.25, 0.3) is 0 Å². The summed E-state index contributed by atoms with van der Waals surface area (Å²) >= 11 is 0. The van der Waals surface area contributed by atoms with Crippen LogP contribution < -0.4 is 5.73 Å². The second-order valence-electron chi connectivity index (χ2n) is 3.73. The smallest absolute Gasteiger partial charge is 0.0285 e. The molecule has 0 aromatic carbocycles. The lowest BCUT2D eigenvalue weighted by Gasteiger charge is -2.38. The molecule has 72 valence electrons. The van der Waals surface area contributed by atoms with Crippen molar-refractivity contribution in [3.63, 3.8) is 0 Å². The van der Waals surface area contributed by atoms with Gasteiger partial charge < -0.3 is 5.73 Å². The number of hydrogen-bond donors (Lipinski definition) is 1. The Kier molecular flexibility index (Phi) is 5.00. The van der Waals surface area contributed by atoms with E-state index in [0.717, 1.165) is 13.0 Å². The van der Waals surface area contributed by atoms with E-state index in [4.69, 9.17) is 5.73 Å². The van der Waals surface area contributed by atoms with E-state index in [1.165, 1.54) is 0 Å². The van der Waals surface area contributed by atoms with Crippen LogP contribution in [-0.4, -0.2) is 22.8 Å². The van der Waals surface area contributed by atoms with Gasteiger partial charge in [-0.2, -0.15) is 0 Å². The Hall–Kier alpha value is 0.0900. The molecule has 0 saturated carbocycles. The summed E-state index contributed by atoms with van der Waals surface area (Å²) in [6.45, 7) is 11.0. The first-order chi connectivity index (χ1) is 5.45. The number of hydrogen-bond acceptors (Lipinski definition) is 2. The van der Waals surface area contributed by atoms with Crippen LogP contribution in [0.15, 0.2) is 12.7 Å². The first-order valence-corrected chi connectivity index (χ1v) is 4.84. The molecule has 0 aliphatic heterocycles. The van der Waals surface area contributed by atoms with Crippen LogP contribution in [0, 0.1) is 0 Å². The van der Waals surface area contributed by atoms with Gasteiger partial charge in [-0.25, -0.2) is 0 Å². The highest BCUT2D eigenvalue weighted by Gasteiger charge is 2.24. The first kappa shape index (κ1) is 12.1. The van der Waals surface area contributed by atoms with E-state index in [1.807, 2.05) is 6.08 Å². The molecule has 0 aliphatic rings. The van der Waals surface area contributed by atoms with Crippen LogP contribution in [0.5, 0.6) is 0 Å². The van der Waals surface area contributed by atoms with E-state index >= 15 is 0 Å². The fourth-order valence-electron chi connectivity index (χ4n) is 1.15. The molecule has 0 fully saturated rings. The Morgan fingerprint density at radius 3 is 2.50 bits per heavy atom. The van der Waals surface area contributed by atoms with Gasteiger partial charge in [-0.15, -0.1) is 6.58 Å². The number of rotatable bonds is 5. The summed E-state index contributed by atoms with van der Waals surface area (Å²) < 4.78 is 2.22. The zero-order valence-corrected chi connectivity index (χ0v) is 9.53. The maximum Gasteiger partial charge on any atom is 0.0285 e. The normalized spacial score (nSPS) is 14.8. The molecule has 0 rings (SSSR count). The summed E-state index contributed by atoms with van der Waals surface area (Å²) in [7, 11) is 2.74. The van der Waals surface area contributed by atoms with Gasteiger partial charge in [0.1, 0.15) is 0 Å². The van der Waals surface area contributed by atoms with Crippen molar-refractivity contribution in [1.29, 1.82) is 0 Å². The lowest BCUT2D eigenvalue weighted by Crippen LogP contribution is -2.42. The predicted molar refractivity (Wildman–Crippen MR) is 59.0 cm³/mol. The van der Waals surface area contributed by atoms with Crippen molar-refractivity contribution in [2.45, 2.75) is 38.8 Å². The minimum atomic E-state index is 0.132. The summed E-state index contributed by atoms with van der Waals surface area (Å²) in [5.41, 5.74) is 5.66. The quantitative estimate of drug-likeness (QED) is 0.526. The molecule has 0 aromatic rings. The van der Waals surface area contributed by atoms with Gasteiger partial charge in [0.15, 0.2) is 0 Å². The van der Waals surface area contributed by atoms with Gasteiger partial charge in [0.2, 0.25) is 0 Å². The molecule has 12 heavy (non-hydrogen) atoms. The average Bonchev–Trinajstić information content (AvgIpc) is 2.01. The van der Waals surface area contributed by atoms with Crippen molar-refractivity contribution in [3.05, 3.63) is 12.7 Å². The molecule has 0 radical (unpaired) electrons. The summed E-state index contributed by atoms with van der Waals surface area (Å²) in [6, 6.07) is 0.372. The lowest BCUT2D eigenvalue weighted by molar-refractivity contribution is 0.212. The molecule has 0 aromatic heterocycles. The van der Waals surface area contributed by atoms with Crippen molar-refractivity contribution in [1.82, 2.24) is 4.67 Å². The van der Waals surface area contributed by atoms with Crippen LogP contribution >= 0.6 is 9.39 Å². The van der Waals surface area contributed by atoms with Gasteiger partial charge in [0.25, 0.3) is 0 Å². The standard InChI is InChI=1S/C9H21N2P/c1-5-8(2)11(12)9(3,4)6-7-10/h5,8H,1,6-7,10,12H2,2-4H3. The minimum absolute atomic E-state index is 0.132. The Morgan fingerprint density at radius 1 is 1.67 bits per heavy atom. The average molecular weight is 188 g/mol. The molecule has 0 spiro atoms. The molecule has 0 bridgehead atoms. The zero-order valence-electron chi connectivity index (χ0n) is 8.38. The largest absolute Gasteiger partial charge is 0.330 e. The highest BCUT2D eigenvalue weighted by molar-refractivity contribution is 7.13. The summed E-state index contributed by atoms with van der Waals surface area (Å²) in [6.07, 6.45) is 2.93. The van der Waals surface area contributed by atoms with E-state index < -0.39 is 0 Å². The van der Waals surface area contributed by atoms with Crippen molar-refractivity contribution in [2.24, 2.45) is 5.73 Å². The Balaban J connectivity index is 4.22. The number of nitrogens with two attached hydrogens (primary N) is 1. The van der Waals surface area contributed by atoms with E-state index in [-0.39, 0.29) is 5.54 Å². The molecule has 0 aliphatic carbocycles. The second-order valence-corrected chi connectivity index (χ2v) is 4.29. The zero-order chi connectivity index (χ0) is 9.78. The van der Waals surface area contributed by atoms with Gasteiger partial charge in [-0.3, -0.25) is 4.67 Å². The van der Waals surface area contributed by atoms with Gasteiger partial charge >= 0.3 is 0 Å². The summed E-state index contributed by atoms with van der Waals surface area (Å²) in [5, 5.41) is 0. The SMILES string of the molecule is C=CC(C)N(P)C(C)(C)CCN. The summed E-state index contributed by atoms with van der Waals surface area (Å²) in [5.74, 6) is 0. The lowest BCUT2D eigenvalue weighted by atomic mass is 9.99. The minimum Gasteiger partial charge on any atom is -0.330 e. The molecular formula is C9H21N2P. The van der Waals surface area contributed by atoms with Crippen LogP contribution in [0.3, 0.4) is 0 Å². The molecule has 0 heterocycles. The van der Waals surface area contributed by atoms with Crippen molar-refractivity contribution in [2.75, 3.05) is 6.54 Å². The van der Waals surface area contributed by atoms with E-state index in [0.29, 0.717) is 6.04 Å². The third kappa shape index (κ3) is 3.22. The molecule has 2 N–H and O–H groups in total. The molecule has 2 nitrogen and oxygen atoms in total. The van der Waals surface area contributed by atoms with Crippen LogP contribution in [0.1, 0.15) is 27.2 Å². The monoisotopic (exact) mass is 188 g/mol. The number of nitrogens with zero attached hydrogens (tertiary/aromatic N) is 1. The Labute approximate surface area is 78.5 Å². The summed E-state index contributed by atoms with van der Waals surface area (Å²) in [4.78, 5) is 0. The third-order valence-corrected chi connectivity index (χ3v) is 3.40.